The molecule has 1 aromatic rings. The summed E-state index contributed by atoms with van der Waals surface area (Å²) in [6.45, 7) is 0. The fourth-order valence-electron chi connectivity index (χ4n) is 2.33. The normalized spacial score (nSPS) is 16.3. The number of aromatic hydroxyl groups is 1. The summed E-state index contributed by atoms with van der Waals surface area (Å²) in [7, 11) is 1.54. The van der Waals surface area contributed by atoms with Gasteiger partial charge in [-0.15, -0.1) is 0 Å². The molecular formula is C14H19NO3. The van der Waals surface area contributed by atoms with Crippen LogP contribution in [0.5, 0.6) is 11.5 Å². The predicted molar refractivity (Wildman–Crippen MR) is 69.0 cm³/mol. The first-order valence-electron chi connectivity index (χ1n) is 6.43. The predicted octanol–water partition coefficient (Wildman–Crippen LogP) is 2.46. The highest BCUT2D eigenvalue weighted by Gasteiger charge is 2.20. The summed E-state index contributed by atoms with van der Waals surface area (Å²) >= 11 is 0. The zero-order chi connectivity index (χ0) is 13.0. The maximum atomic E-state index is 11.7. The molecule has 0 bridgehead atoms. The number of carbonyl (C=O) groups excluding carboxylic acids is 1. The fourth-order valence-corrected chi connectivity index (χ4v) is 2.33. The Morgan fingerprint density at radius 2 is 2.06 bits per heavy atom. The summed E-state index contributed by atoms with van der Waals surface area (Å²) in [6, 6.07) is 4.93. The summed E-state index contributed by atoms with van der Waals surface area (Å²) in [4.78, 5) is 11.7. The lowest BCUT2D eigenvalue weighted by molar-refractivity contribution is 0.0947. The van der Waals surface area contributed by atoms with Gasteiger partial charge in [0.05, 0.1) is 6.10 Å². The van der Waals surface area contributed by atoms with Gasteiger partial charge in [-0.05, 0) is 37.8 Å². The Morgan fingerprint density at radius 1 is 1.33 bits per heavy atom. The topological polar surface area (TPSA) is 58.6 Å². The zero-order valence-corrected chi connectivity index (χ0v) is 10.6. The summed E-state index contributed by atoms with van der Waals surface area (Å²) in [5, 5.41) is 12.3. The van der Waals surface area contributed by atoms with Crippen LogP contribution in [0, 0.1) is 0 Å². The highest BCUT2D eigenvalue weighted by Crippen LogP contribution is 2.30. The monoisotopic (exact) mass is 249 g/mol. The number of hydrogen-bond donors (Lipinski definition) is 2. The van der Waals surface area contributed by atoms with Crippen molar-refractivity contribution in [3.05, 3.63) is 23.8 Å². The van der Waals surface area contributed by atoms with Gasteiger partial charge in [-0.25, -0.2) is 0 Å². The van der Waals surface area contributed by atoms with Crippen LogP contribution in [-0.2, 0) is 0 Å². The van der Waals surface area contributed by atoms with E-state index in [9.17, 15) is 9.90 Å². The standard InChI is InChI=1S/C14H19NO3/c1-15-14(17)13-11(16)8-5-9-12(13)18-10-6-3-2-4-7-10/h5,8-10,16H,2-4,6-7H2,1H3,(H,15,17). The van der Waals surface area contributed by atoms with E-state index in [1.807, 2.05) is 0 Å². The highest BCUT2D eigenvalue weighted by molar-refractivity contribution is 5.99. The van der Waals surface area contributed by atoms with Crippen molar-refractivity contribution >= 4 is 5.91 Å². The maximum absolute atomic E-state index is 11.7. The second kappa shape index (κ2) is 5.76. The van der Waals surface area contributed by atoms with E-state index in [1.165, 1.54) is 25.3 Å². The molecule has 0 aromatic heterocycles. The van der Waals surface area contributed by atoms with Crippen LogP contribution in [0.4, 0.5) is 0 Å². The molecule has 18 heavy (non-hydrogen) atoms. The summed E-state index contributed by atoms with van der Waals surface area (Å²) in [5.41, 5.74) is 0.227. The van der Waals surface area contributed by atoms with Crippen LogP contribution >= 0.6 is 0 Å². The SMILES string of the molecule is CNC(=O)c1c(O)cccc1OC1CCCCC1. The van der Waals surface area contributed by atoms with Crippen LogP contribution in [0.2, 0.25) is 0 Å². The second-order valence-corrected chi connectivity index (χ2v) is 4.61. The number of amides is 1. The minimum Gasteiger partial charge on any atom is -0.507 e. The lowest BCUT2D eigenvalue weighted by atomic mass is 9.97. The molecule has 4 heteroatoms. The lowest BCUT2D eigenvalue weighted by Gasteiger charge is -2.24. The van der Waals surface area contributed by atoms with E-state index in [-0.39, 0.29) is 23.3 Å². The third-order valence-electron chi connectivity index (χ3n) is 3.30. The third kappa shape index (κ3) is 2.75. The molecule has 0 radical (unpaired) electrons. The lowest BCUT2D eigenvalue weighted by Crippen LogP contribution is -2.23. The van der Waals surface area contributed by atoms with E-state index < -0.39 is 0 Å². The molecule has 1 aliphatic carbocycles. The minimum atomic E-state index is -0.320. The van der Waals surface area contributed by atoms with Gasteiger partial charge in [0.2, 0.25) is 0 Å². The van der Waals surface area contributed by atoms with Gasteiger partial charge in [-0.2, -0.15) is 0 Å². The van der Waals surface area contributed by atoms with E-state index in [4.69, 9.17) is 4.74 Å². The van der Waals surface area contributed by atoms with Gasteiger partial charge in [0.1, 0.15) is 17.1 Å². The van der Waals surface area contributed by atoms with Crippen molar-refractivity contribution in [3.63, 3.8) is 0 Å². The number of phenols is 1. The van der Waals surface area contributed by atoms with E-state index in [2.05, 4.69) is 5.32 Å². The van der Waals surface area contributed by atoms with Crippen molar-refractivity contribution in [2.75, 3.05) is 7.05 Å². The van der Waals surface area contributed by atoms with Crippen molar-refractivity contribution in [2.45, 2.75) is 38.2 Å². The van der Waals surface area contributed by atoms with Gasteiger partial charge in [-0.3, -0.25) is 4.79 Å². The number of carbonyl (C=O) groups is 1. The largest absolute Gasteiger partial charge is 0.507 e. The van der Waals surface area contributed by atoms with Gasteiger partial charge in [0, 0.05) is 7.05 Å². The van der Waals surface area contributed by atoms with Crippen molar-refractivity contribution in [3.8, 4) is 11.5 Å². The third-order valence-corrected chi connectivity index (χ3v) is 3.30. The van der Waals surface area contributed by atoms with Crippen molar-refractivity contribution in [2.24, 2.45) is 0 Å². The highest BCUT2D eigenvalue weighted by atomic mass is 16.5. The van der Waals surface area contributed by atoms with Crippen LogP contribution in [0.1, 0.15) is 42.5 Å². The van der Waals surface area contributed by atoms with E-state index >= 15 is 0 Å². The van der Waals surface area contributed by atoms with Crippen LogP contribution in [0.25, 0.3) is 0 Å². The first-order valence-corrected chi connectivity index (χ1v) is 6.43. The Bertz CT molecular complexity index is 425. The Morgan fingerprint density at radius 3 is 2.72 bits per heavy atom. The molecule has 1 aliphatic rings. The van der Waals surface area contributed by atoms with Crippen LogP contribution in [-0.4, -0.2) is 24.2 Å². The molecule has 2 rings (SSSR count). The van der Waals surface area contributed by atoms with Gasteiger partial charge in [0.25, 0.3) is 5.91 Å². The quantitative estimate of drug-likeness (QED) is 0.865. The number of ether oxygens (including phenoxy) is 1. The molecule has 0 heterocycles. The van der Waals surface area contributed by atoms with Gasteiger partial charge >= 0.3 is 0 Å². The average molecular weight is 249 g/mol. The molecule has 0 spiro atoms. The molecule has 4 nitrogen and oxygen atoms in total. The van der Waals surface area contributed by atoms with Crippen LogP contribution < -0.4 is 10.1 Å². The van der Waals surface area contributed by atoms with Crippen LogP contribution in [0.15, 0.2) is 18.2 Å². The molecule has 1 fully saturated rings. The Hall–Kier alpha value is -1.71. The fraction of sp³-hybridized carbons (Fsp3) is 0.500. The van der Waals surface area contributed by atoms with Gasteiger partial charge < -0.3 is 15.2 Å². The minimum absolute atomic E-state index is 0.0392. The maximum Gasteiger partial charge on any atom is 0.258 e. The zero-order valence-electron chi connectivity index (χ0n) is 10.6. The molecule has 0 saturated heterocycles. The van der Waals surface area contributed by atoms with Crippen molar-refractivity contribution in [1.29, 1.82) is 0 Å². The number of benzene rings is 1. The van der Waals surface area contributed by atoms with Gasteiger partial charge in [-0.1, -0.05) is 12.5 Å². The summed E-state index contributed by atoms with van der Waals surface area (Å²) < 4.78 is 5.87. The summed E-state index contributed by atoms with van der Waals surface area (Å²) in [6.07, 6.45) is 5.77. The molecule has 1 amide bonds. The van der Waals surface area contributed by atoms with Crippen molar-refractivity contribution < 1.29 is 14.6 Å². The molecule has 2 N–H and O–H groups in total. The first-order chi connectivity index (χ1) is 8.72. The van der Waals surface area contributed by atoms with Crippen molar-refractivity contribution in [1.82, 2.24) is 5.32 Å². The molecule has 0 atom stereocenters. The molecule has 0 unspecified atom stereocenters. The molecule has 0 aliphatic heterocycles. The molecule has 98 valence electrons. The van der Waals surface area contributed by atoms with E-state index in [0.717, 1.165) is 12.8 Å². The Labute approximate surface area is 107 Å². The molecule has 1 saturated carbocycles. The molecular weight excluding hydrogens is 230 g/mol. The average Bonchev–Trinajstić information content (AvgIpc) is 2.39. The molecule has 1 aromatic carbocycles. The van der Waals surface area contributed by atoms with Gasteiger partial charge in [0.15, 0.2) is 0 Å². The second-order valence-electron chi connectivity index (χ2n) is 4.61. The van der Waals surface area contributed by atoms with E-state index in [1.54, 1.807) is 19.2 Å². The number of phenolic OH excluding ortho intramolecular Hbond substituents is 1. The summed E-state index contributed by atoms with van der Waals surface area (Å²) in [5.74, 6) is 0.114. The Kier molecular flexibility index (Phi) is 4.07. The first kappa shape index (κ1) is 12.7. The van der Waals surface area contributed by atoms with Crippen LogP contribution in [0.3, 0.4) is 0 Å². The number of rotatable bonds is 3. The Balaban J connectivity index is 2.20. The number of nitrogens with one attached hydrogen (secondary N) is 1. The van der Waals surface area contributed by atoms with E-state index in [0.29, 0.717) is 5.75 Å². The number of hydrogen-bond acceptors (Lipinski definition) is 3. The smallest absolute Gasteiger partial charge is 0.258 e.